The van der Waals surface area contributed by atoms with Gasteiger partial charge in [-0.2, -0.15) is 0 Å². The number of carbonyl (C=O) groups excluding carboxylic acids is 1. The number of benzene rings is 1. The van der Waals surface area contributed by atoms with Crippen molar-refractivity contribution in [2.75, 3.05) is 25.0 Å². The zero-order valence-electron chi connectivity index (χ0n) is 11.8. The third kappa shape index (κ3) is 3.47. The van der Waals surface area contributed by atoms with Crippen molar-refractivity contribution >= 4 is 11.7 Å². The number of carbonyl (C=O) groups is 1. The number of urea groups is 1. The van der Waals surface area contributed by atoms with Crippen LogP contribution in [0.1, 0.15) is 38.3 Å². The van der Waals surface area contributed by atoms with Crippen molar-refractivity contribution in [1.82, 2.24) is 10.2 Å². The van der Waals surface area contributed by atoms with Gasteiger partial charge in [-0.15, -0.1) is 0 Å². The van der Waals surface area contributed by atoms with Gasteiger partial charge in [0, 0.05) is 24.8 Å². The molecule has 1 heterocycles. The molecule has 4 nitrogen and oxygen atoms in total. The van der Waals surface area contributed by atoms with E-state index < -0.39 is 0 Å². The van der Waals surface area contributed by atoms with Crippen molar-refractivity contribution in [3.63, 3.8) is 0 Å². The summed E-state index contributed by atoms with van der Waals surface area (Å²) in [5, 5.41) is 6.42. The summed E-state index contributed by atoms with van der Waals surface area (Å²) in [4.78, 5) is 14.0. The van der Waals surface area contributed by atoms with Gasteiger partial charge in [0.2, 0.25) is 0 Å². The van der Waals surface area contributed by atoms with Gasteiger partial charge in [-0.05, 0) is 37.9 Å². The molecule has 1 unspecified atom stereocenters. The Labute approximate surface area is 115 Å². The van der Waals surface area contributed by atoms with Gasteiger partial charge in [0.25, 0.3) is 0 Å². The fourth-order valence-electron chi connectivity index (χ4n) is 2.52. The molecule has 2 amide bonds. The van der Waals surface area contributed by atoms with Crippen LogP contribution in [-0.4, -0.2) is 30.6 Å². The van der Waals surface area contributed by atoms with Gasteiger partial charge < -0.3 is 15.5 Å². The summed E-state index contributed by atoms with van der Waals surface area (Å²) in [5.41, 5.74) is 2.05. The number of para-hydroxylation sites is 1. The first-order valence-electron chi connectivity index (χ1n) is 7.10. The quantitative estimate of drug-likeness (QED) is 0.875. The lowest BCUT2D eigenvalue weighted by atomic mass is 10.1. The molecule has 1 fully saturated rings. The number of nitrogens with one attached hydrogen (secondary N) is 2. The second-order valence-electron chi connectivity index (χ2n) is 4.99. The molecule has 0 aromatic heterocycles. The van der Waals surface area contributed by atoms with Gasteiger partial charge in [0.15, 0.2) is 0 Å². The summed E-state index contributed by atoms with van der Waals surface area (Å²) in [7, 11) is 0. The van der Waals surface area contributed by atoms with Crippen LogP contribution >= 0.6 is 0 Å². The van der Waals surface area contributed by atoms with E-state index in [4.69, 9.17) is 0 Å². The van der Waals surface area contributed by atoms with Crippen molar-refractivity contribution < 1.29 is 4.79 Å². The molecule has 0 aliphatic carbocycles. The molecule has 104 valence electrons. The Hall–Kier alpha value is -1.55. The Balaban J connectivity index is 2.08. The normalized spacial score (nSPS) is 16.4. The maximum Gasteiger partial charge on any atom is 0.321 e. The van der Waals surface area contributed by atoms with Crippen LogP contribution < -0.4 is 10.6 Å². The van der Waals surface area contributed by atoms with E-state index in [1.165, 1.54) is 0 Å². The summed E-state index contributed by atoms with van der Waals surface area (Å²) >= 11 is 0. The van der Waals surface area contributed by atoms with Crippen LogP contribution in [0, 0.1) is 0 Å². The minimum Gasteiger partial charge on any atom is -0.325 e. The number of amides is 2. The van der Waals surface area contributed by atoms with Crippen LogP contribution in [0.5, 0.6) is 0 Å². The van der Waals surface area contributed by atoms with Crippen LogP contribution in [-0.2, 0) is 0 Å². The lowest BCUT2D eigenvalue weighted by molar-refractivity contribution is 0.222. The van der Waals surface area contributed by atoms with Crippen LogP contribution in [0.3, 0.4) is 0 Å². The van der Waals surface area contributed by atoms with E-state index in [0.717, 1.165) is 43.7 Å². The highest BCUT2D eigenvalue weighted by atomic mass is 16.2. The van der Waals surface area contributed by atoms with E-state index in [2.05, 4.69) is 30.5 Å². The second-order valence-corrected chi connectivity index (χ2v) is 4.99. The van der Waals surface area contributed by atoms with Gasteiger partial charge in [-0.3, -0.25) is 0 Å². The molecule has 4 heteroatoms. The number of hydrogen-bond donors (Lipinski definition) is 2. The summed E-state index contributed by atoms with van der Waals surface area (Å²) < 4.78 is 0. The fourth-order valence-corrected chi connectivity index (χ4v) is 2.52. The number of likely N-dealkylation sites (tertiary alicyclic amines) is 1. The average molecular weight is 261 g/mol. The lowest BCUT2D eigenvalue weighted by Crippen LogP contribution is -2.32. The van der Waals surface area contributed by atoms with Gasteiger partial charge >= 0.3 is 6.03 Å². The molecule has 0 saturated carbocycles. The van der Waals surface area contributed by atoms with Crippen molar-refractivity contribution in [3.05, 3.63) is 29.8 Å². The van der Waals surface area contributed by atoms with E-state index in [9.17, 15) is 4.79 Å². The highest BCUT2D eigenvalue weighted by Crippen LogP contribution is 2.23. The SMILES string of the molecule is CCNC(C)c1ccccc1NC(=O)N1CCCC1. The first-order valence-corrected chi connectivity index (χ1v) is 7.10. The zero-order chi connectivity index (χ0) is 13.7. The van der Waals surface area contributed by atoms with E-state index in [1.54, 1.807) is 0 Å². The minimum absolute atomic E-state index is 0.0219. The molecule has 1 aliphatic heterocycles. The number of anilines is 1. The monoisotopic (exact) mass is 261 g/mol. The molecule has 0 spiro atoms. The van der Waals surface area contributed by atoms with E-state index in [-0.39, 0.29) is 12.1 Å². The molecule has 1 atom stereocenters. The molecule has 2 rings (SSSR count). The minimum atomic E-state index is 0.0219. The molecule has 1 aromatic carbocycles. The summed E-state index contributed by atoms with van der Waals surface area (Å²) in [6, 6.07) is 8.26. The number of nitrogens with zero attached hydrogens (tertiary/aromatic N) is 1. The Kier molecular flexibility index (Phi) is 4.80. The van der Waals surface area contributed by atoms with E-state index in [0.29, 0.717) is 0 Å². The summed E-state index contributed by atoms with van der Waals surface area (Å²) in [6.45, 7) is 6.86. The van der Waals surface area contributed by atoms with Crippen LogP contribution in [0.15, 0.2) is 24.3 Å². The van der Waals surface area contributed by atoms with Gasteiger partial charge in [0.1, 0.15) is 0 Å². The van der Waals surface area contributed by atoms with Crippen molar-refractivity contribution in [3.8, 4) is 0 Å². The standard InChI is InChI=1S/C15H23N3O/c1-3-16-12(2)13-8-4-5-9-14(13)17-15(19)18-10-6-7-11-18/h4-5,8-9,12,16H,3,6-7,10-11H2,1-2H3,(H,17,19). The first kappa shape index (κ1) is 13.9. The molecular formula is C15H23N3O. The molecule has 2 N–H and O–H groups in total. The predicted molar refractivity (Wildman–Crippen MR) is 78.4 cm³/mol. The highest BCUT2D eigenvalue weighted by Gasteiger charge is 2.19. The lowest BCUT2D eigenvalue weighted by Gasteiger charge is -2.20. The predicted octanol–water partition coefficient (Wildman–Crippen LogP) is 2.98. The van der Waals surface area contributed by atoms with Crippen molar-refractivity contribution in [2.24, 2.45) is 0 Å². The van der Waals surface area contributed by atoms with Crippen LogP contribution in [0.2, 0.25) is 0 Å². The maximum absolute atomic E-state index is 12.1. The van der Waals surface area contributed by atoms with Gasteiger partial charge in [-0.25, -0.2) is 4.79 Å². The molecule has 0 bridgehead atoms. The average Bonchev–Trinajstić information content (AvgIpc) is 2.93. The third-order valence-corrected chi connectivity index (χ3v) is 3.57. The van der Waals surface area contributed by atoms with E-state index >= 15 is 0 Å². The molecule has 1 aliphatic rings. The molecular weight excluding hydrogens is 238 g/mol. The fraction of sp³-hybridized carbons (Fsp3) is 0.533. The zero-order valence-corrected chi connectivity index (χ0v) is 11.8. The van der Waals surface area contributed by atoms with Crippen LogP contribution in [0.25, 0.3) is 0 Å². The summed E-state index contributed by atoms with van der Waals surface area (Å²) in [6.07, 6.45) is 2.23. The number of hydrogen-bond acceptors (Lipinski definition) is 2. The molecule has 1 saturated heterocycles. The van der Waals surface area contributed by atoms with Crippen molar-refractivity contribution in [2.45, 2.75) is 32.7 Å². The van der Waals surface area contributed by atoms with E-state index in [1.807, 2.05) is 23.1 Å². The topological polar surface area (TPSA) is 44.4 Å². The van der Waals surface area contributed by atoms with Crippen molar-refractivity contribution in [1.29, 1.82) is 0 Å². The number of rotatable bonds is 4. The molecule has 19 heavy (non-hydrogen) atoms. The van der Waals surface area contributed by atoms with Crippen LogP contribution in [0.4, 0.5) is 10.5 Å². The molecule has 0 radical (unpaired) electrons. The smallest absolute Gasteiger partial charge is 0.321 e. The summed E-state index contributed by atoms with van der Waals surface area (Å²) in [5.74, 6) is 0. The second kappa shape index (κ2) is 6.57. The Bertz CT molecular complexity index is 427. The Morgan fingerprint density at radius 2 is 2.00 bits per heavy atom. The maximum atomic E-state index is 12.1. The molecule has 1 aromatic rings. The highest BCUT2D eigenvalue weighted by molar-refractivity contribution is 5.90. The Morgan fingerprint density at radius 1 is 1.32 bits per heavy atom. The van der Waals surface area contributed by atoms with Gasteiger partial charge in [-0.1, -0.05) is 25.1 Å². The first-order chi connectivity index (χ1) is 9.22. The third-order valence-electron chi connectivity index (χ3n) is 3.57. The largest absolute Gasteiger partial charge is 0.325 e. The van der Waals surface area contributed by atoms with Gasteiger partial charge in [0.05, 0.1) is 0 Å². The Morgan fingerprint density at radius 3 is 2.68 bits per heavy atom.